The molecular weight excluding hydrogens is 345 g/mol. The van der Waals surface area contributed by atoms with E-state index in [0.717, 1.165) is 13.0 Å². The maximum absolute atomic E-state index is 13.4. The molecule has 0 bridgehead atoms. The molecule has 0 radical (unpaired) electrons. The number of nitrogens with one attached hydrogen (secondary N) is 1. The van der Waals surface area contributed by atoms with E-state index in [1.54, 1.807) is 18.5 Å². The van der Waals surface area contributed by atoms with Crippen LogP contribution in [0.4, 0.5) is 4.39 Å². The van der Waals surface area contributed by atoms with Crippen LogP contribution in [0, 0.1) is 5.82 Å². The number of aromatic nitrogens is 3. The Kier molecular flexibility index (Phi) is 8.16. The minimum Gasteiger partial charge on any atom is -0.491 e. The molecule has 0 aliphatic heterocycles. The molecule has 142 valence electrons. The Hall–Kier alpha value is -3.01. The van der Waals surface area contributed by atoms with Gasteiger partial charge < -0.3 is 25.5 Å². The predicted octanol–water partition coefficient (Wildman–Crippen LogP) is 0.874. The highest BCUT2D eigenvalue weighted by atomic mass is 19.1. The SMILES string of the molecule is CC(=O)O.CC(NC(=O)c1cc(F)ccc1OCCN)c1nncn1C. The third-order valence-electron chi connectivity index (χ3n) is 3.04. The lowest BCUT2D eigenvalue weighted by Gasteiger charge is -2.15. The number of carbonyl (C=O) groups is 2. The van der Waals surface area contributed by atoms with Crippen molar-refractivity contribution in [2.45, 2.75) is 19.9 Å². The van der Waals surface area contributed by atoms with E-state index in [-0.39, 0.29) is 24.0 Å². The molecule has 1 aromatic carbocycles. The number of halogens is 1. The van der Waals surface area contributed by atoms with Gasteiger partial charge in [0, 0.05) is 20.5 Å². The summed E-state index contributed by atoms with van der Waals surface area (Å²) >= 11 is 0. The molecular formula is C16H22FN5O4. The van der Waals surface area contributed by atoms with Crippen molar-refractivity contribution in [3.63, 3.8) is 0 Å². The molecule has 26 heavy (non-hydrogen) atoms. The molecule has 1 atom stereocenters. The molecule has 0 aliphatic rings. The zero-order valence-corrected chi connectivity index (χ0v) is 14.8. The van der Waals surface area contributed by atoms with Crippen molar-refractivity contribution in [2.24, 2.45) is 12.8 Å². The summed E-state index contributed by atoms with van der Waals surface area (Å²) in [7, 11) is 1.77. The Bertz CT molecular complexity index is 746. The average molecular weight is 367 g/mol. The van der Waals surface area contributed by atoms with Gasteiger partial charge in [0.15, 0.2) is 5.82 Å². The van der Waals surface area contributed by atoms with Crippen LogP contribution in [-0.4, -0.2) is 44.9 Å². The van der Waals surface area contributed by atoms with Gasteiger partial charge in [0.1, 0.15) is 24.5 Å². The molecule has 4 N–H and O–H groups in total. The van der Waals surface area contributed by atoms with Crippen LogP contribution in [0.1, 0.15) is 36.1 Å². The first-order chi connectivity index (χ1) is 12.3. The van der Waals surface area contributed by atoms with Gasteiger partial charge in [0.2, 0.25) is 0 Å². The van der Waals surface area contributed by atoms with Crippen LogP contribution >= 0.6 is 0 Å². The molecule has 1 aromatic heterocycles. The van der Waals surface area contributed by atoms with Gasteiger partial charge in [-0.1, -0.05) is 0 Å². The zero-order valence-electron chi connectivity index (χ0n) is 14.8. The number of aryl methyl sites for hydroxylation is 1. The van der Waals surface area contributed by atoms with E-state index in [0.29, 0.717) is 12.4 Å². The lowest BCUT2D eigenvalue weighted by Crippen LogP contribution is -2.29. The number of nitrogens with zero attached hydrogens (tertiary/aromatic N) is 3. The van der Waals surface area contributed by atoms with Crippen LogP contribution in [-0.2, 0) is 11.8 Å². The standard InChI is InChI=1S/C14H18FN5O2.C2H4O2/c1-9(13-19-17-8-20(13)2)18-14(21)11-7-10(15)3-4-12(11)22-6-5-16;1-2(3)4/h3-4,7-9H,5-6,16H2,1-2H3,(H,18,21);1H3,(H,3,4). The van der Waals surface area contributed by atoms with Gasteiger partial charge in [-0.15, -0.1) is 10.2 Å². The second-order valence-electron chi connectivity index (χ2n) is 5.29. The number of carbonyl (C=O) groups excluding carboxylic acids is 1. The number of benzene rings is 1. The third-order valence-corrected chi connectivity index (χ3v) is 3.04. The molecule has 0 saturated heterocycles. The Morgan fingerprint density at radius 3 is 2.65 bits per heavy atom. The number of carboxylic acids is 1. The number of rotatable bonds is 6. The third kappa shape index (κ3) is 6.48. The highest BCUT2D eigenvalue weighted by Gasteiger charge is 2.19. The molecule has 0 spiro atoms. The molecule has 2 rings (SSSR count). The van der Waals surface area contributed by atoms with E-state index in [2.05, 4.69) is 15.5 Å². The summed E-state index contributed by atoms with van der Waals surface area (Å²) in [5.74, 6) is -0.928. The van der Waals surface area contributed by atoms with Crippen molar-refractivity contribution in [3.8, 4) is 5.75 Å². The lowest BCUT2D eigenvalue weighted by molar-refractivity contribution is -0.134. The number of amides is 1. The monoisotopic (exact) mass is 367 g/mol. The van der Waals surface area contributed by atoms with Crippen molar-refractivity contribution in [3.05, 3.63) is 41.7 Å². The van der Waals surface area contributed by atoms with Gasteiger partial charge in [-0.2, -0.15) is 0 Å². The summed E-state index contributed by atoms with van der Waals surface area (Å²) in [6.07, 6.45) is 1.54. The maximum Gasteiger partial charge on any atom is 0.300 e. The molecule has 0 aliphatic carbocycles. The smallest absolute Gasteiger partial charge is 0.300 e. The molecule has 0 fully saturated rings. The van der Waals surface area contributed by atoms with Crippen molar-refractivity contribution >= 4 is 11.9 Å². The zero-order chi connectivity index (χ0) is 19.7. The predicted molar refractivity (Wildman–Crippen MR) is 91.1 cm³/mol. The van der Waals surface area contributed by atoms with E-state index in [1.165, 1.54) is 18.5 Å². The molecule has 1 amide bonds. The van der Waals surface area contributed by atoms with Gasteiger partial charge in [-0.25, -0.2) is 4.39 Å². The fraction of sp³-hybridized carbons (Fsp3) is 0.375. The van der Waals surface area contributed by atoms with E-state index in [1.807, 2.05) is 0 Å². The summed E-state index contributed by atoms with van der Waals surface area (Å²) < 4.78 is 20.5. The highest BCUT2D eigenvalue weighted by molar-refractivity contribution is 5.97. The van der Waals surface area contributed by atoms with E-state index in [9.17, 15) is 9.18 Å². The summed E-state index contributed by atoms with van der Waals surface area (Å²) in [5.41, 5.74) is 5.49. The number of hydrogen-bond donors (Lipinski definition) is 3. The molecule has 9 nitrogen and oxygen atoms in total. The topological polar surface area (TPSA) is 132 Å². The molecule has 0 saturated carbocycles. The molecule has 10 heteroatoms. The summed E-state index contributed by atoms with van der Waals surface area (Å²) in [6, 6.07) is 3.39. The van der Waals surface area contributed by atoms with E-state index >= 15 is 0 Å². The van der Waals surface area contributed by atoms with Crippen LogP contribution in [0.25, 0.3) is 0 Å². The fourth-order valence-corrected chi connectivity index (χ4v) is 2.00. The molecule has 2 aromatic rings. The number of hydrogen-bond acceptors (Lipinski definition) is 6. The average Bonchev–Trinajstić information content (AvgIpc) is 2.99. The van der Waals surface area contributed by atoms with E-state index in [4.69, 9.17) is 20.4 Å². The highest BCUT2D eigenvalue weighted by Crippen LogP contribution is 2.21. The minimum atomic E-state index is -0.833. The number of nitrogens with two attached hydrogens (primary N) is 1. The Balaban J connectivity index is 0.000000765. The molecule has 1 unspecified atom stereocenters. The number of carboxylic acid groups (broad SMARTS) is 1. The van der Waals surface area contributed by atoms with Gasteiger partial charge in [-0.3, -0.25) is 9.59 Å². The van der Waals surface area contributed by atoms with Crippen LogP contribution in [0.2, 0.25) is 0 Å². The second-order valence-corrected chi connectivity index (χ2v) is 5.29. The van der Waals surface area contributed by atoms with Crippen molar-refractivity contribution in [2.75, 3.05) is 13.2 Å². The molecule has 1 heterocycles. The first-order valence-corrected chi connectivity index (χ1v) is 7.73. The van der Waals surface area contributed by atoms with E-state index < -0.39 is 17.7 Å². The van der Waals surface area contributed by atoms with Crippen LogP contribution in [0.15, 0.2) is 24.5 Å². The first kappa shape index (κ1) is 21.0. The minimum absolute atomic E-state index is 0.113. The summed E-state index contributed by atoms with van der Waals surface area (Å²) in [6.45, 7) is 3.39. The normalized spacial score (nSPS) is 11.1. The first-order valence-electron chi connectivity index (χ1n) is 7.73. The summed E-state index contributed by atoms with van der Waals surface area (Å²) in [4.78, 5) is 21.4. The van der Waals surface area contributed by atoms with Gasteiger partial charge >= 0.3 is 0 Å². The fourth-order valence-electron chi connectivity index (χ4n) is 2.00. The van der Waals surface area contributed by atoms with Crippen LogP contribution in [0.5, 0.6) is 5.75 Å². The van der Waals surface area contributed by atoms with Gasteiger partial charge in [-0.05, 0) is 25.1 Å². The van der Waals surface area contributed by atoms with Crippen molar-refractivity contribution in [1.29, 1.82) is 0 Å². The number of aliphatic carboxylic acids is 1. The largest absolute Gasteiger partial charge is 0.491 e. The van der Waals surface area contributed by atoms with Crippen LogP contribution in [0.3, 0.4) is 0 Å². The Labute approximate surface area is 150 Å². The van der Waals surface area contributed by atoms with Crippen molar-refractivity contribution in [1.82, 2.24) is 20.1 Å². The maximum atomic E-state index is 13.4. The van der Waals surface area contributed by atoms with Crippen molar-refractivity contribution < 1.29 is 23.8 Å². The van der Waals surface area contributed by atoms with Crippen LogP contribution < -0.4 is 15.8 Å². The second kappa shape index (κ2) is 10.1. The number of ether oxygens (including phenoxy) is 1. The van der Waals surface area contributed by atoms with Gasteiger partial charge in [0.25, 0.3) is 11.9 Å². The Morgan fingerprint density at radius 1 is 1.46 bits per heavy atom. The lowest BCUT2D eigenvalue weighted by atomic mass is 10.1. The Morgan fingerprint density at radius 2 is 2.12 bits per heavy atom. The van der Waals surface area contributed by atoms with Gasteiger partial charge in [0.05, 0.1) is 11.6 Å². The summed E-state index contributed by atoms with van der Waals surface area (Å²) in [5, 5.41) is 17.8. The quantitative estimate of drug-likeness (QED) is 0.690.